The van der Waals surface area contributed by atoms with Gasteiger partial charge < -0.3 is 9.30 Å². The molecule has 0 spiro atoms. The molecule has 0 fully saturated rings. The summed E-state index contributed by atoms with van der Waals surface area (Å²) in [6.45, 7) is 22.4. The van der Waals surface area contributed by atoms with E-state index in [4.69, 9.17) is 14.8 Å². The van der Waals surface area contributed by atoms with E-state index in [1.807, 2.05) is 29.8 Å². The molecule has 0 radical (unpaired) electrons. The van der Waals surface area contributed by atoms with Gasteiger partial charge in [-0.05, 0) is 91.6 Å². The Bertz CT molecular complexity index is 2940. The van der Waals surface area contributed by atoms with Crippen LogP contribution in [0, 0.1) is 27.7 Å². The van der Waals surface area contributed by atoms with Crippen molar-refractivity contribution < 1.29 is 4.74 Å². The first-order chi connectivity index (χ1) is 26.7. The zero-order valence-corrected chi connectivity index (χ0v) is 34.1. The number of benzene rings is 5. The molecule has 0 aliphatic carbocycles. The predicted molar refractivity (Wildman–Crippen MR) is 233 cm³/mol. The minimum atomic E-state index is -0.0793. The Balaban J connectivity index is 1.29. The van der Waals surface area contributed by atoms with Crippen molar-refractivity contribution in [2.75, 3.05) is 0 Å². The van der Waals surface area contributed by atoms with Crippen molar-refractivity contribution in [3.05, 3.63) is 149 Å². The van der Waals surface area contributed by atoms with Crippen molar-refractivity contribution in [1.82, 2.24) is 23.9 Å². The molecule has 0 unspecified atom stereocenters. The van der Waals surface area contributed by atoms with Crippen LogP contribution in [-0.4, -0.2) is 23.9 Å². The Hall–Kier alpha value is -6.14. The first-order valence-corrected chi connectivity index (χ1v) is 19.6. The van der Waals surface area contributed by atoms with Crippen LogP contribution in [0.25, 0.3) is 60.8 Å². The normalized spacial score (nSPS) is 12.5. The topological polar surface area (TPSA) is 49.8 Å². The van der Waals surface area contributed by atoms with Crippen LogP contribution >= 0.6 is 0 Å². The molecule has 4 heterocycles. The highest BCUT2D eigenvalue weighted by Gasteiger charge is 2.29. The maximum absolute atomic E-state index is 6.62. The van der Waals surface area contributed by atoms with E-state index in [0.29, 0.717) is 0 Å². The molecule has 6 nitrogen and oxygen atoms in total. The second-order valence-corrected chi connectivity index (χ2v) is 17.4. The molecular weight excluding hydrogens is 687 g/mol. The van der Waals surface area contributed by atoms with Gasteiger partial charge in [0.1, 0.15) is 17.3 Å². The van der Waals surface area contributed by atoms with Gasteiger partial charge in [-0.2, -0.15) is 5.10 Å². The highest BCUT2D eigenvalue weighted by Crippen LogP contribution is 2.44. The van der Waals surface area contributed by atoms with Crippen molar-refractivity contribution in [3.8, 4) is 28.7 Å². The van der Waals surface area contributed by atoms with E-state index in [9.17, 15) is 0 Å². The highest BCUT2D eigenvalue weighted by atomic mass is 16.5. The summed E-state index contributed by atoms with van der Waals surface area (Å²) in [6.07, 6.45) is 2.06. The minimum absolute atomic E-state index is 0.0793. The molecule has 9 aromatic rings. The van der Waals surface area contributed by atoms with Gasteiger partial charge in [0.05, 0.1) is 39.1 Å². The standard InChI is InChI=1S/C50H49N5O/c1-30-29-51-48(33(4)45(30)54-46-39(19-14-21-41(46)49(5,6)7)40-20-15-22-42(47(40)54)50(8,9)10)53-43-23-12-11-18-37(43)38-25-24-36(28-44(38)53)56-35-17-13-16-34(27-35)55-32(3)26-31(2)52-55/h11-29H,1-10H3. The van der Waals surface area contributed by atoms with Gasteiger partial charge in [-0.3, -0.25) is 4.57 Å². The summed E-state index contributed by atoms with van der Waals surface area (Å²) in [5.41, 5.74) is 13.6. The van der Waals surface area contributed by atoms with Crippen LogP contribution in [0.2, 0.25) is 0 Å². The lowest BCUT2D eigenvalue weighted by Gasteiger charge is -2.26. The van der Waals surface area contributed by atoms with Crippen LogP contribution in [0.1, 0.15) is 75.2 Å². The lowest BCUT2D eigenvalue weighted by Crippen LogP contribution is -2.16. The second kappa shape index (κ2) is 12.7. The van der Waals surface area contributed by atoms with Crippen LogP contribution in [0.5, 0.6) is 11.5 Å². The molecular formula is C50H49N5O. The first kappa shape index (κ1) is 35.6. The number of ether oxygens (including phenoxy) is 1. The number of hydrogen-bond donors (Lipinski definition) is 0. The third kappa shape index (κ3) is 5.61. The largest absolute Gasteiger partial charge is 0.457 e. The van der Waals surface area contributed by atoms with Crippen LogP contribution in [-0.2, 0) is 10.8 Å². The molecule has 9 rings (SSSR count). The summed E-state index contributed by atoms with van der Waals surface area (Å²) in [7, 11) is 0. The Morgan fingerprint density at radius 3 is 1.80 bits per heavy atom. The van der Waals surface area contributed by atoms with E-state index in [0.717, 1.165) is 61.9 Å². The van der Waals surface area contributed by atoms with Crippen molar-refractivity contribution in [1.29, 1.82) is 0 Å². The summed E-state index contributed by atoms with van der Waals surface area (Å²) >= 11 is 0. The van der Waals surface area contributed by atoms with E-state index in [-0.39, 0.29) is 10.8 Å². The van der Waals surface area contributed by atoms with Gasteiger partial charge in [0.25, 0.3) is 0 Å². The monoisotopic (exact) mass is 735 g/mol. The lowest BCUT2D eigenvalue weighted by molar-refractivity contribution is 0.482. The number of para-hydroxylation sites is 3. The van der Waals surface area contributed by atoms with E-state index in [1.165, 1.54) is 44.0 Å². The zero-order valence-electron chi connectivity index (χ0n) is 34.1. The van der Waals surface area contributed by atoms with E-state index in [2.05, 4.69) is 169 Å². The number of aryl methyl sites for hydroxylation is 3. The minimum Gasteiger partial charge on any atom is -0.457 e. The number of pyridine rings is 1. The molecule has 0 saturated carbocycles. The predicted octanol–water partition coefficient (Wildman–Crippen LogP) is 13.1. The maximum Gasteiger partial charge on any atom is 0.142 e. The Labute approximate surface area is 329 Å². The maximum atomic E-state index is 6.62. The number of hydrogen-bond acceptors (Lipinski definition) is 3. The molecule has 0 aliphatic heterocycles. The van der Waals surface area contributed by atoms with E-state index < -0.39 is 0 Å². The van der Waals surface area contributed by atoms with E-state index >= 15 is 0 Å². The number of nitrogens with zero attached hydrogens (tertiary/aromatic N) is 5. The summed E-state index contributed by atoms with van der Waals surface area (Å²) in [5, 5.41) is 9.56. The van der Waals surface area contributed by atoms with Crippen LogP contribution in [0.4, 0.5) is 0 Å². The van der Waals surface area contributed by atoms with Gasteiger partial charge in [0.15, 0.2) is 0 Å². The number of aromatic nitrogens is 5. The molecule has 0 saturated heterocycles. The van der Waals surface area contributed by atoms with Crippen molar-refractivity contribution in [2.24, 2.45) is 0 Å². The Kier molecular flexibility index (Phi) is 8.07. The average Bonchev–Trinajstić information content (AvgIpc) is 3.79. The molecule has 0 amide bonds. The fourth-order valence-electron chi connectivity index (χ4n) is 8.78. The molecule has 280 valence electrons. The van der Waals surface area contributed by atoms with Gasteiger partial charge in [-0.15, -0.1) is 0 Å². The van der Waals surface area contributed by atoms with Crippen molar-refractivity contribution in [3.63, 3.8) is 0 Å². The molecule has 6 heteroatoms. The summed E-state index contributed by atoms with van der Waals surface area (Å²) in [6, 6.07) is 38.9. The lowest BCUT2D eigenvalue weighted by atomic mass is 9.85. The van der Waals surface area contributed by atoms with Gasteiger partial charge in [-0.25, -0.2) is 9.67 Å². The Morgan fingerprint density at radius 2 is 1.16 bits per heavy atom. The highest BCUT2D eigenvalue weighted by molar-refractivity contribution is 6.12. The fourth-order valence-corrected chi connectivity index (χ4v) is 8.78. The average molecular weight is 736 g/mol. The summed E-state index contributed by atoms with van der Waals surface area (Å²) < 4.78 is 13.5. The molecule has 0 atom stereocenters. The van der Waals surface area contributed by atoms with Gasteiger partial charge in [0.2, 0.25) is 0 Å². The van der Waals surface area contributed by atoms with Gasteiger partial charge >= 0.3 is 0 Å². The van der Waals surface area contributed by atoms with Crippen LogP contribution < -0.4 is 4.74 Å². The fraction of sp³-hybridized carbons (Fsp3) is 0.240. The molecule has 0 N–H and O–H groups in total. The van der Waals surface area contributed by atoms with Crippen LogP contribution in [0.3, 0.4) is 0 Å². The van der Waals surface area contributed by atoms with Crippen LogP contribution in [0.15, 0.2) is 115 Å². The number of rotatable bonds is 5. The number of fused-ring (bicyclic) bond motifs is 6. The third-order valence-corrected chi connectivity index (χ3v) is 11.3. The summed E-state index contributed by atoms with van der Waals surface area (Å²) in [4.78, 5) is 5.26. The third-order valence-electron chi connectivity index (χ3n) is 11.3. The molecule has 0 bridgehead atoms. The molecule has 0 aliphatic rings. The zero-order chi connectivity index (χ0) is 39.3. The van der Waals surface area contributed by atoms with E-state index in [1.54, 1.807) is 0 Å². The second-order valence-electron chi connectivity index (χ2n) is 17.4. The van der Waals surface area contributed by atoms with Gasteiger partial charge in [0, 0.05) is 51.1 Å². The van der Waals surface area contributed by atoms with Crippen molar-refractivity contribution >= 4 is 43.6 Å². The molecule has 4 aromatic heterocycles. The SMILES string of the molecule is Cc1cc(C)n(-c2cccc(Oc3ccc4c5ccccc5n(-c5ncc(C)c(-n6c7c(C(C)(C)C)cccc7c7cccc(C(C)(C)C)c76)c5C)c4c3)c2)n1. The molecule has 56 heavy (non-hydrogen) atoms. The smallest absolute Gasteiger partial charge is 0.142 e. The quantitative estimate of drug-likeness (QED) is 0.177. The summed E-state index contributed by atoms with van der Waals surface area (Å²) in [5.74, 6) is 2.40. The molecule has 5 aromatic carbocycles. The van der Waals surface area contributed by atoms with Crippen molar-refractivity contribution in [2.45, 2.75) is 80.1 Å². The Morgan fingerprint density at radius 1 is 0.554 bits per heavy atom. The van der Waals surface area contributed by atoms with Gasteiger partial charge in [-0.1, -0.05) is 102 Å². The first-order valence-electron chi connectivity index (χ1n) is 19.6.